The smallest absolute Gasteiger partial charge is 0.226 e. The highest BCUT2D eigenvalue weighted by molar-refractivity contribution is 5.93. The van der Waals surface area contributed by atoms with Crippen LogP contribution in [-0.4, -0.2) is 42.0 Å². The maximum atomic E-state index is 12.6. The second kappa shape index (κ2) is 9.27. The van der Waals surface area contributed by atoms with E-state index in [0.29, 0.717) is 12.3 Å². The van der Waals surface area contributed by atoms with E-state index in [2.05, 4.69) is 40.3 Å². The van der Waals surface area contributed by atoms with Crippen LogP contribution in [0.2, 0.25) is 0 Å². The molecule has 4 heteroatoms. The van der Waals surface area contributed by atoms with Crippen LogP contribution in [0, 0.1) is 5.92 Å². The van der Waals surface area contributed by atoms with Crippen molar-refractivity contribution in [1.29, 1.82) is 0 Å². The predicted molar refractivity (Wildman–Crippen MR) is 120 cm³/mol. The molecular formula is C25H31N3O. The molecule has 1 N–H and O–H groups in total. The highest BCUT2D eigenvalue weighted by atomic mass is 16.2. The molecule has 2 heterocycles. The second-order valence-corrected chi connectivity index (χ2v) is 8.11. The molecule has 29 heavy (non-hydrogen) atoms. The van der Waals surface area contributed by atoms with Gasteiger partial charge >= 0.3 is 0 Å². The van der Waals surface area contributed by atoms with Gasteiger partial charge in [-0.25, -0.2) is 0 Å². The molecule has 1 fully saturated rings. The Kier molecular flexibility index (Phi) is 6.30. The van der Waals surface area contributed by atoms with Crippen molar-refractivity contribution in [3.05, 3.63) is 66.4 Å². The summed E-state index contributed by atoms with van der Waals surface area (Å²) in [6.45, 7) is 6.08. The van der Waals surface area contributed by atoms with Gasteiger partial charge in [0.15, 0.2) is 0 Å². The number of amides is 1. The summed E-state index contributed by atoms with van der Waals surface area (Å²) in [7, 11) is 0. The number of benzene rings is 2. The van der Waals surface area contributed by atoms with Crippen LogP contribution in [-0.2, 0) is 11.2 Å². The molecule has 0 radical (unpaired) electrons. The summed E-state index contributed by atoms with van der Waals surface area (Å²) in [5.41, 5.74) is 3.64. The van der Waals surface area contributed by atoms with Crippen LogP contribution in [0.1, 0.15) is 31.7 Å². The van der Waals surface area contributed by atoms with Crippen molar-refractivity contribution in [2.24, 2.45) is 5.92 Å². The van der Waals surface area contributed by atoms with Crippen LogP contribution in [0.15, 0.2) is 60.8 Å². The fourth-order valence-corrected chi connectivity index (χ4v) is 4.53. The molecule has 0 unspecified atom stereocenters. The van der Waals surface area contributed by atoms with Gasteiger partial charge in [-0.3, -0.25) is 4.79 Å². The van der Waals surface area contributed by atoms with Gasteiger partial charge in [0.05, 0.1) is 0 Å². The van der Waals surface area contributed by atoms with Crippen LogP contribution < -0.4 is 4.90 Å². The number of nitrogens with one attached hydrogen (secondary N) is 1. The number of aromatic amines is 1. The lowest BCUT2D eigenvalue weighted by Gasteiger charge is -2.35. The normalized spacial score (nSPS) is 17.5. The average Bonchev–Trinajstić information content (AvgIpc) is 3.19. The zero-order chi connectivity index (χ0) is 20.1. The Balaban J connectivity index is 1.38. The van der Waals surface area contributed by atoms with E-state index < -0.39 is 0 Å². The molecule has 0 aliphatic carbocycles. The average molecular weight is 390 g/mol. The minimum atomic E-state index is 0.215. The van der Waals surface area contributed by atoms with Crippen LogP contribution in [0.25, 0.3) is 10.9 Å². The standard InChI is InChI=1S/C25H31N3O/c1-2-25(29)28(22-10-4-3-5-11-22)19-20-9-8-15-27(18-20)16-14-21-17-26-24-13-7-6-12-23(21)24/h3-7,10-13,17,20,26H,2,8-9,14-16,18-19H2,1H3/t20-/m1/s1. The third kappa shape index (κ3) is 4.70. The summed E-state index contributed by atoms with van der Waals surface area (Å²) in [6.07, 6.45) is 6.17. The molecule has 1 amide bonds. The van der Waals surface area contributed by atoms with Crippen LogP contribution in [0.4, 0.5) is 5.69 Å². The Morgan fingerprint density at radius 3 is 2.76 bits per heavy atom. The molecular weight excluding hydrogens is 358 g/mol. The number of nitrogens with zero attached hydrogens (tertiary/aromatic N) is 2. The first kappa shape index (κ1) is 19.7. The Morgan fingerprint density at radius 2 is 1.93 bits per heavy atom. The predicted octanol–water partition coefficient (Wildman–Crippen LogP) is 4.87. The number of aromatic nitrogens is 1. The first-order chi connectivity index (χ1) is 14.2. The van der Waals surface area contributed by atoms with Gasteiger partial charge in [-0.2, -0.15) is 0 Å². The molecule has 4 nitrogen and oxygen atoms in total. The molecule has 1 atom stereocenters. The molecule has 2 aromatic carbocycles. The fourth-order valence-electron chi connectivity index (χ4n) is 4.53. The van der Waals surface area contributed by atoms with Gasteiger partial charge in [0.1, 0.15) is 0 Å². The van der Waals surface area contributed by atoms with E-state index in [1.807, 2.05) is 42.2 Å². The highest BCUT2D eigenvalue weighted by Gasteiger charge is 2.24. The summed E-state index contributed by atoms with van der Waals surface area (Å²) in [5, 5.41) is 1.34. The van der Waals surface area contributed by atoms with E-state index in [0.717, 1.165) is 38.3 Å². The van der Waals surface area contributed by atoms with Crippen LogP contribution in [0.3, 0.4) is 0 Å². The van der Waals surface area contributed by atoms with Crippen LogP contribution >= 0.6 is 0 Å². The minimum absolute atomic E-state index is 0.215. The lowest BCUT2D eigenvalue weighted by Crippen LogP contribution is -2.43. The third-order valence-corrected chi connectivity index (χ3v) is 6.09. The number of carbonyl (C=O) groups excluding carboxylic acids is 1. The number of carbonyl (C=O) groups is 1. The molecule has 1 aromatic heterocycles. The molecule has 152 valence electrons. The number of para-hydroxylation sites is 2. The summed E-state index contributed by atoms with van der Waals surface area (Å²) in [4.78, 5) is 20.5. The number of hydrogen-bond acceptors (Lipinski definition) is 2. The van der Waals surface area contributed by atoms with Gasteiger partial charge in [-0.1, -0.05) is 43.3 Å². The molecule has 1 aliphatic rings. The van der Waals surface area contributed by atoms with Gasteiger partial charge in [-0.05, 0) is 55.5 Å². The Bertz CT molecular complexity index is 933. The number of piperidine rings is 1. The van der Waals surface area contributed by atoms with Gasteiger partial charge in [0, 0.05) is 48.8 Å². The SMILES string of the molecule is CCC(=O)N(C[C@@H]1CCCN(CCc2c[nH]c3ccccc23)C1)c1ccccc1. The van der Waals surface area contributed by atoms with E-state index in [9.17, 15) is 4.79 Å². The molecule has 3 aromatic rings. The summed E-state index contributed by atoms with van der Waals surface area (Å²) in [5.74, 6) is 0.745. The molecule has 0 spiro atoms. The number of fused-ring (bicyclic) bond motifs is 1. The molecule has 1 aliphatic heterocycles. The largest absolute Gasteiger partial charge is 0.361 e. The molecule has 4 rings (SSSR count). The van der Waals surface area contributed by atoms with Crippen molar-refractivity contribution >= 4 is 22.5 Å². The molecule has 0 bridgehead atoms. The first-order valence-corrected chi connectivity index (χ1v) is 10.9. The van der Waals surface area contributed by atoms with Crippen molar-refractivity contribution in [2.75, 3.05) is 31.1 Å². The summed E-state index contributed by atoms with van der Waals surface area (Å²) < 4.78 is 0. The zero-order valence-corrected chi connectivity index (χ0v) is 17.3. The van der Waals surface area contributed by atoms with Gasteiger partial charge in [0.2, 0.25) is 5.91 Å². The van der Waals surface area contributed by atoms with Crippen LogP contribution in [0.5, 0.6) is 0 Å². The summed E-state index contributed by atoms with van der Waals surface area (Å²) >= 11 is 0. The number of H-pyrrole nitrogens is 1. The first-order valence-electron chi connectivity index (χ1n) is 10.9. The highest BCUT2D eigenvalue weighted by Crippen LogP contribution is 2.23. The minimum Gasteiger partial charge on any atom is -0.361 e. The van der Waals surface area contributed by atoms with E-state index in [-0.39, 0.29) is 5.91 Å². The van der Waals surface area contributed by atoms with Crippen molar-refractivity contribution < 1.29 is 4.79 Å². The fraction of sp³-hybridized carbons (Fsp3) is 0.400. The van der Waals surface area contributed by atoms with E-state index in [4.69, 9.17) is 0 Å². The number of anilines is 1. The van der Waals surface area contributed by atoms with Gasteiger partial charge in [0.25, 0.3) is 0 Å². The maximum absolute atomic E-state index is 12.6. The van der Waals surface area contributed by atoms with Crippen molar-refractivity contribution in [3.8, 4) is 0 Å². The Labute approximate surface area is 173 Å². The van der Waals surface area contributed by atoms with Gasteiger partial charge in [-0.15, -0.1) is 0 Å². The van der Waals surface area contributed by atoms with E-state index in [1.165, 1.54) is 29.3 Å². The lowest BCUT2D eigenvalue weighted by atomic mass is 9.96. The van der Waals surface area contributed by atoms with Crippen molar-refractivity contribution in [3.63, 3.8) is 0 Å². The van der Waals surface area contributed by atoms with Crippen molar-refractivity contribution in [1.82, 2.24) is 9.88 Å². The van der Waals surface area contributed by atoms with E-state index in [1.54, 1.807) is 0 Å². The number of rotatable bonds is 7. The number of likely N-dealkylation sites (tertiary alicyclic amines) is 1. The lowest BCUT2D eigenvalue weighted by molar-refractivity contribution is -0.118. The topological polar surface area (TPSA) is 39.3 Å². The molecule has 0 saturated carbocycles. The van der Waals surface area contributed by atoms with Crippen molar-refractivity contribution in [2.45, 2.75) is 32.6 Å². The quantitative estimate of drug-likeness (QED) is 0.626. The maximum Gasteiger partial charge on any atom is 0.226 e. The summed E-state index contributed by atoms with van der Waals surface area (Å²) in [6, 6.07) is 18.7. The Morgan fingerprint density at radius 1 is 1.14 bits per heavy atom. The zero-order valence-electron chi connectivity index (χ0n) is 17.3. The molecule has 1 saturated heterocycles. The number of hydrogen-bond donors (Lipinski definition) is 1. The monoisotopic (exact) mass is 389 g/mol. The Hall–Kier alpha value is -2.59. The van der Waals surface area contributed by atoms with E-state index >= 15 is 0 Å². The third-order valence-electron chi connectivity index (χ3n) is 6.09. The van der Waals surface area contributed by atoms with Gasteiger partial charge < -0.3 is 14.8 Å². The second-order valence-electron chi connectivity index (χ2n) is 8.11.